The fourth-order valence-electron chi connectivity index (χ4n) is 1.74. The lowest BCUT2D eigenvalue weighted by atomic mass is 10.3. The molecule has 0 spiro atoms. The van der Waals surface area contributed by atoms with Crippen molar-refractivity contribution in [2.24, 2.45) is 0 Å². The van der Waals surface area contributed by atoms with Gasteiger partial charge in [-0.25, -0.2) is 9.78 Å². The zero-order valence-electron chi connectivity index (χ0n) is 9.75. The van der Waals surface area contributed by atoms with Crippen LogP contribution in [-0.4, -0.2) is 19.9 Å². The number of imidazole rings is 1. The van der Waals surface area contributed by atoms with E-state index < -0.39 is 11.2 Å². The number of aromatic nitrogens is 4. The van der Waals surface area contributed by atoms with Gasteiger partial charge in [-0.2, -0.15) is 0 Å². The predicted octanol–water partition coefficient (Wildman–Crippen LogP) is 1.28. The van der Waals surface area contributed by atoms with Crippen LogP contribution in [-0.2, 0) is 0 Å². The lowest BCUT2D eigenvalue weighted by molar-refractivity contribution is 1.07. The number of hydrogen-bond acceptors (Lipinski definition) is 4. The normalized spacial score (nSPS) is 11.2. The van der Waals surface area contributed by atoms with E-state index in [-0.39, 0.29) is 11.2 Å². The Morgan fingerprint density at radius 1 is 1.17 bits per heavy atom. The van der Waals surface area contributed by atoms with Crippen LogP contribution in [0.2, 0.25) is 0 Å². The average molecular weight is 262 g/mol. The number of aromatic amines is 3. The van der Waals surface area contributed by atoms with Gasteiger partial charge in [0.2, 0.25) is 0 Å². The summed E-state index contributed by atoms with van der Waals surface area (Å²) >= 11 is 1.59. The fraction of sp³-hybridized carbons (Fsp3) is 0.182. The van der Waals surface area contributed by atoms with Crippen LogP contribution in [0.3, 0.4) is 0 Å². The minimum Gasteiger partial charge on any atom is -0.331 e. The zero-order valence-corrected chi connectivity index (χ0v) is 10.6. The highest BCUT2D eigenvalue weighted by Gasteiger charge is 2.11. The van der Waals surface area contributed by atoms with Crippen molar-refractivity contribution in [2.45, 2.75) is 13.8 Å². The Hall–Kier alpha value is -2.15. The van der Waals surface area contributed by atoms with Crippen molar-refractivity contribution >= 4 is 22.5 Å². The Bertz CT molecular complexity index is 832. The molecule has 0 aliphatic heterocycles. The molecule has 0 aliphatic carbocycles. The molecule has 0 radical (unpaired) electrons. The number of fused-ring (bicyclic) bond motifs is 1. The van der Waals surface area contributed by atoms with Crippen molar-refractivity contribution in [3.05, 3.63) is 37.3 Å². The number of aryl methyl sites for hydroxylation is 2. The standard InChI is InChI=1S/C11H10N4O2S/c1-4-3-6(18-5(4)2)8-12-7-9(13-8)14-11(17)15-10(7)16/h3H,1-2H3,(H3,12,13,14,15,16,17). The molecule has 7 heteroatoms. The molecule has 0 saturated carbocycles. The SMILES string of the molecule is Cc1cc(-c2nc3[nH]c(=O)[nH]c(=O)c3[nH]2)sc1C. The summed E-state index contributed by atoms with van der Waals surface area (Å²) < 4.78 is 0. The van der Waals surface area contributed by atoms with Crippen LogP contribution in [0.15, 0.2) is 15.7 Å². The van der Waals surface area contributed by atoms with Crippen LogP contribution in [0.4, 0.5) is 0 Å². The van der Waals surface area contributed by atoms with Crippen molar-refractivity contribution < 1.29 is 0 Å². The molecular formula is C11H10N4O2S. The number of rotatable bonds is 1. The molecular weight excluding hydrogens is 252 g/mol. The van der Waals surface area contributed by atoms with Crippen LogP contribution in [0.1, 0.15) is 10.4 Å². The topological polar surface area (TPSA) is 94.4 Å². The molecule has 0 unspecified atom stereocenters. The lowest BCUT2D eigenvalue weighted by Crippen LogP contribution is -2.21. The van der Waals surface area contributed by atoms with Gasteiger partial charge in [-0.1, -0.05) is 0 Å². The molecule has 3 rings (SSSR count). The maximum Gasteiger partial charge on any atom is 0.327 e. The van der Waals surface area contributed by atoms with Gasteiger partial charge < -0.3 is 4.98 Å². The highest BCUT2D eigenvalue weighted by atomic mass is 32.1. The second-order valence-corrected chi connectivity index (χ2v) is 5.32. The smallest absolute Gasteiger partial charge is 0.327 e. The van der Waals surface area contributed by atoms with Gasteiger partial charge in [0.05, 0.1) is 4.88 Å². The Kier molecular flexibility index (Phi) is 2.24. The summed E-state index contributed by atoms with van der Waals surface area (Å²) in [5.41, 5.74) is 0.732. The third kappa shape index (κ3) is 1.60. The minimum atomic E-state index is -0.552. The second kappa shape index (κ2) is 3.67. The Morgan fingerprint density at radius 2 is 1.94 bits per heavy atom. The Balaban J connectivity index is 2.28. The van der Waals surface area contributed by atoms with E-state index >= 15 is 0 Å². The van der Waals surface area contributed by atoms with Gasteiger partial charge in [0.25, 0.3) is 5.56 Å². The first-order valence-corrected chi connectivity index (χ1v) is 6.16. The number of H-pyrrole nitrogens is 3. The largest absolute Gasteiger partial charge is 0.331 e. The van der Waals surface area contributed by atoms with Gasteiger partial charge in [-0.3, -0.25) is 14.8 Å². The summed E-state index contributed by atoms with van der Waals surface area (Å²) in [4.78, 5) is 36.7. The molecule has 3 aromatic rings. The molecule has 18 heavy (non-hydrogen) atoms. The third-order valence-electron chi connectivity index (χ3n) is 2.79. The molecule has 0 atom stereocenters. The summed E-state index contributed by atoms with van der Waals surface area (Å²) in [6.45, 7) is 4.05. The first kappa shape index (κ1) is 11.0. The van der Waals surface area contributed by atoms with E-state index in [4.69, 9.17) is 0 Å². The molecule has 0 bridgehead atoms. The summed E-state index contributed by atoms with van der Waals surface area (Å²) in [7, 11) is 0. The fourth-order valence-corrected chi connectivity index (χ4v) is 2.72. The van der Waals surface area contributed by atoms with E-state index in [0.29, 0.717) is 5.82 Å². The van der Waals surface area contributed by atoms with Gasteiger partial charge in [0.15, 0.2) is 11.5 Å². The summed E-state index contributed by atoms with van der Waals surface area (Å²) in [5, 5.41) is 0. The van der Waals surface area contributed by atoms with Gasteiger partial charge in [-0.15, -0.1) is 11.3 Å². The maximum absolute atomic E-state index is 11.6. The number of thiophene rings is 1. The quantitative estimate of drug-likeness (QED) is 0.616. The van der Waals surface area contributed by atoms with E-state index in [1.165, 1.54) is 10.4 Å². The average Bonchev–Trinajstić information content (AvgIpc) is 2.84. The van der Waals surface area contributed by atoms with E-state index in [0.717, 1.165) is 4.88 Å². The zero-order chi connectivity index (χ0) is 12.9. The number of nitrogens with zero attached hydrogens (tertiary/aromatic N) is 1. The second-order valence-electron chi connectivity index (χ2n) is 4.07. The molecule has 92 valence electrons. The summed E-state index contributed by atoms with van der Waals surface area (Å²) in [6.07, 6.45) is 0. The van der Waals surface area contributed by atoms with Gasteiger partial charge in [-0.05, 0) is 25.5 Å². The van der Waals surface area contributed by atoms with Crippen molar-refractivity contribution in [2.75, 3.05) is 0 Å². The van der Waals surface area contributed by atoms with Crippen LogP contribution in [0.25, 0.3) is 21.9 Å². The number of hydrogen-bond donors (Lipinski definition) is 3. The predicted molar refractivity (Wildman–Crippen MR) is 70.1 cm³/mol. The molecule has 0 aromatic carbocycles. The maximum atomic E-state index is 11.6. The lowest BCUT2D eigenvalue weighted by Gasteiger charge is -1.86. The molecule has 3 N–H and O–H groups in total. The highest BCUT2D eigenvalue weighted by molar-refractivity contribution is 7.15. The first-order valence-electron chi connectivity index (χ1n) is 5.34. The van der Waals surface area contributed by atoms with Gasteiger partial charge >= 0.3 is 5.69 Å². The van der Waals surface area contributed by atoms with Crippen LogP contribution in [0, 0.1) is 13.8 Å². The van der Waals surface area contributed by atoms with Gasteiger partial charge in [0.1, 0.15) is 5.52 Å². The van der Waals surface area contributed by atoms with Crippen molar-refractivity contribution in [3.8, 4) is 10.7 Å². The Morgan fingerprint density at radius 3 is 2.61 bits per heavy atom. The molecule has 0 saturated heterocycles. The molecule has 0 fully saturated rings. The summed E-state index contributed by atoms with van der Waals surface area (Å²) in [6, 6.07) is 2.00. The first-order chi connectivity index (χ1) is 8.54. The summed E-state index contributed by atoms with van der Waals surface area (Å²) in [5.74, 6) is 0.596. The van der Waals surface area contributed by atoms with Crippen molar-refractivity contribution in [3.63, 3.8) is 0 Å². The van der Waals surface area contributed by atoms with Crippen molar-refractivity contribution in [1.82, 2.24) is 19.9 Å². The van der Waals surface area contributed by atoms with E-state index in [1.54, 1.807) is 11.3 Å². The molecule has 0 amide bonds. The molecule has 3 heterocycles. The van der Waals surface area contributed by atoms with E-state index in [1.807, 2.05) is 19.9 Å². The van der Waals surface area contributed by atoms with E-state index in [9.17, 15) is 9.59 Å². The molecule has 6 nitrogen and oxygen atoms in total. The molecule has 3 aromatic heterocycles. The third-order valence-corrected chi connectivity index (χ3v) is 3.95. The van der Waals surface area contributed by atoms with E-state index in [2.05, 4.69) is 19.9 Å². The van der Waals surface area contributed by atoms with Crippen molar-refractivity contribution in [1.29, 1.82) is 0 Å². The number of nitrogens with one attached hydrogen (secondary N) is 3. The highest BCUT2D eigenvalue weighted by Crippen LogP contribution is 2.29. The Labute approximate surface area is 105 Å². The van der Waals surface area contributed by atoms with Crippen LogP contribution < -0.4 is 11.2 Å². The molecule has 0 aliphatic rings. The van der Waals surface area contributed by atoms with Gasteiger partial charge in [0, 0.05) is 4.88 Å². The van der Waals surface area contributed by atoms with Crippen LogP contribution >= 0.6 is 11.3 Å². The minimum absolute atomic E-state index is 0.280. The monoisotopic (exact) mass is 262 g/mol. The van der Waals surface area contributed by atoms with Crippen LogP contribution in [0.5, 0.6) is 0 Å².